The Morgan fingerprint density at radius 3 is 2.53 bits per heavy atom. The molecule has 1 amide bonds. The van der Waals surface area contributed by atoms with Crippen molar-refractivity contribution in [2.45, 2.75) is 26.3 Å². The van der Waals surface area contributed by atoms with Gasteiger partial charge in [-0.05, 0) is 55.0 Å². The third-order valence-corrected chi connectivity index (χ3v) is 6.62. The van der Waals surface area contributed by atoms with E-state index in [1.54, 1.807) is 6.07 Å². The van der Waals surface area contributed by atoms with Crippen molar-refractivity contribution in [1.29, 1.82) is 0 Å². The molecule has 174 valence electrons. The van der Waals surface area contributed by atoms with Crippen LogP contribution >= 0.6 is 0 Å². The fourth-order valence-electron chi connectivity index (χ4n) is 4.75. The molecule has 0 bridgehead atoms. The van der Waals surface area contributed by atoms with Gasteiger partial charge < -0.3 is 14.8 Å². The van der Waals surface area contributed by atoms with Gasteiger partial charge in [-0.1, -0.05) is 18.2 Å². The lowest BCUT2D eigenvalue weighted by molar-refractivity contribution is -0.919. The van der Waals surface area contributed by atoms with Crippen LogP contribution in [0.15, 0.2) is 79.3 Å². The quantitative estimate of drug-likeness (QED) is 0.464. The molecule has 0 saturated carbocycles. The number of benzene rings is 2. The number of aromatic nitrogens is 3. The molecular weight excluding hydrogens is 429 g/mol. The van der Waals surface area contributed by atoms with E-state index in [-0.39, 0.29) is 17.6 Å². The fourth-order valence-corrected chi connectivity index (χ4v) is 4.75. The molecule has 2 aromatic heterocycles. The second-order valence-electron chi connectivity index (χ2n) is 8.98. The SMILES string of the molecule is Cc1cc(F)ccc1NC(=O)C1CC[NH+](Cc2cnn(-c3ccccc3)c2-n2cccc2)CC1. The van der Waals surface area contributed by atoms with Gasteiger partial charge in [-0.25, -0.2) is 9.07 Å². The molecule has 0 aliphatic carbocycles. The van der Waals surface area contributed by atoms with Gasteiger partial charge >= 0.3 is 0 Å². The molecule has 1 saturated heterocycles. The molecule has 0 radical (unpaired) electrons. The van der Waals surface area contributed by atoms with Crippen LogP contribution in [0.5, 0.6) is 0 Å². The molecule has 0 unspecified atom stereocenters. The molecule has 0 spiro atoms. The van der Waals surface area contributed by atoms with Crippen LogP contribution < -0.4 is 10.2 Å². The van der Waals surface area contributed by atoms with Gasteiger partial charge in [-0.15, -0.1) is 0 Å². The van der Waals surface area contributed by atoms with Gasteiger partial charge in [0.25, 0.3) is 0 Å². The van der Waals surface area contributed by atoms with E-state index in [2.05, 4.69) is 22.0 Å². The van der Waals surface area contributed by atoms with Crippen LogP contribution in [-0.2, 0) is 11.3 Å². The first kappa shape index (κ1) is 22.1. The molecular formula is C27H29FN5O+. The fraction of sp³-hybridized carbons (Fsp3) is 0.259. The van der Waals surface area contributed by atoms with Crippen LogP contribution in [0.4, 0.5) is 10.1 Å². The van der Waals surface area contributed by atoms with Crippen molar-refractivity contribution in [3.63, 3.8) is 0 Å². The molecule has 7 heteroatoms. The average molecular weight is 459 g/mol. The minimum absolute atomic E-state index is 0.0239. The highest BCUT2D eigenvalue weighted by Crippen LogP contribution is 2.21. The normalized spacial score (nSPS) is 18.1. The van der Waals surface area contributed by atoms with E-state index in [1.807, 2.05) is 60.5 Å². The van der Waals surface area contributed by atoms with Gasteiger partial charge in [0.2, 0.25) is 5.91 Å². The molecule has 1 fully saturated rings. The van der Waals surface area contributed by atoms with E-state index in [0.717, 1.165) is 49.5 Å². The number of para-hydroxylation sites is 1. The number of hydrogen-bond acceptors (Lipinski definition) is 2. The van der Waals surface area contributed by atoms with Gasteiger partial charge in [0.1, 0.15) is 18.2 Å². The maximum Gasteiger partial charge on any atom is 0.227 e. The number of piperidine rings is 1. The lowest BCUT2D eigenvalue weighted by atomic mass is 9.95. The summed E-state index contributed by atoms with van der Waals surface area (Å²) in [4.78, 5) is 14.3. The van der Waals surface area contributed by atoms with Crippen molar-refractivity contribution >= 4 is 11.6 Å². The summed E-state index contributed by atoms with van der Waals surface area (Å²) in [6.07, 6.45) is 7.71. The minimum Gasteiger partial charge on any atom is -0.331 e. The Labute approximate surface area is 198 Å². The topological polar surface area (TPSA) is 56.3 Å². The molecule has 4 aromatic rings. The average Bonchev–Trinajstić information content (AvgIpc) is 3.52. The second kappa shape index (κ2) is 9.65. The van der Waals surface area contributed by atoms with Gasteiger partial charge in [0.05, 0.1) is 30.5 Å². The van der Waals surface area contributed by atoms with Gasteiger partial charge in [-0.3, -0.25) is 4.79 Å². The summed E-state index contributed by atoms with van der Waals surface area (Å²) in [6, 6.07) is 18.7. The predicted octanol–water partition coefficient (Wildman–Crippen LogP) is 3.54. The molecule has 1 aliphatic rings. The van der Waals surface area contributed by atoms with Crippen molar-refractivity contribution in [2.75, 3.05) is 18.4 Å². The number of rotatable bonds is 6. The Balaban J connectivity index is 1.26. The van der Waals surface area contributed by atoms with Gasteiger partial charge in [-0.2, -0.15) is 5.10 Å². The molecule has 0 atom stereocenters. The van der Waals surface area contributed by atoms with Gasteiger partial charge in [0, 0.05) is 36.8 Å². The molecule has 34 heavy (non-hydrogen) atoms. The number of hydrogen-bond donors (Lipinski definition) is 2. The highest BCUT2D eigenvalue weighted by atomic mass is 19.1. The monoisotopic (exact) mass is 458 g/mol. The summed E-state index contributed by atoms with van der Waals surface area (Å²) >= 11 is 0. The van der Waals surface area contributed by atoms with E-state index in [4.69, 9.17) is 5.10 Å². The molecule has 1 aliphatic heterocycles. The van der Waals surface area contributed by atoms with Gasteiger partial charge in [0.15, 0.2) is 0 Å². The highest BCUT2D eigenvalue weighted by Gasteiger charge is 2.29. The number of anilines is 1. The summed E-state index contributed by atoms with van der Waals surface area (Å²) < 4.78 is 17.5. The maximum absolute atomic E-state index is 13.4. The first-order valence-electron chi connectivity index (χ1n) is 11.7. The third kappa shape index (κ3) is 4.65. The first-order valence-corrected chi connectivity index (χ1v) is 11.7. The largest absolute Gasteiger partial charge is 0.331 e. The second-order valence-corrected chi connectivity index (χ2v) is 8.98. The van der Waals surface area contributed by atoms with Crippen LogP contribution in [0, 0.1) is 18.7 Å². The zero-order chi connectivity index (χ0) is 23.5. The summed E-state index contributed by atoms with van der Waals surface area (Å²) in [6.45, 7) is 4.50. The number of carbonyl (C=O) groups excluding carboxylic acids is 1. The number of nitrogens with zero attached hydrogens (tertiary/aromatic N) is 3. The van der Waals surface area contributed by atoms with E-state index in [9.17, 15) is 9.18 Å². The summed E-state index contributed by atoms with van der Waals surface area (Å²) in [7, 11) is 0. The number of aryl methyl sites for hydroxylation is 1. The Morgan fingerprint density at radius 2 is 1.82 bits per heavy atom. The van der Waals surface area contributed by atoms with Crippen LogP contribution in [0.1, 0.15) is 24.0 Å². The molecule has 2 N–H and O–H groups in total. The van der Waals surface area contributed by atoms with Crippen LogP contribution in [-0.4, -0.2) is 33.3 Å². The molecule has 5 rings (SSSR count). The number of nitrogens with one attached hydrogen (secondary N) is 2. The zero-order valence-electron chi connectivity index (χ0n) is 19.2. The number of quaternary nitrogens is 1. The first-order chi connectivity index (χ1) is 16.6. The van der Waals surface area contributed by atoms with E-state index in [0.29, 0.717) is 5.69 Å². The molecule has 3 heterocycles. The smallest absolute Gasteiger partial charge is 0.227 e. The standard InChI is InChI=1S/C27H28FN5O/c1-20-17-23(28)9-10-25(20)30-26(34)21-11-15-31(16-12-21)19-22-18-29-33(24-7-3-2-4-8-24)27(22)32-13-5-6-14-32/h2-10,13-14,17-18,21H,11-12,15-16,19H2,1H3,(H,30,34)/p+1. The number of amides is 1. The molecule has 6 nitrogen and oxygen atoms in total. The van der Waals surface area contributed by atoms with E-state index >= 15 is 0 Å². The summed E-state index contributed by atoms with van der Waals surface area (Å²) in [5.74, 6) is 0.764. The van der Waals surface area contributed by atoms with Crippen LogP contribution in [0.3, 0.4) is 0 Å². The number of likely N-dealkylation sites (tertiary alicyclic amines) is 1. The predicted molar refractivity (Wildman–Crippen MR) is 130 cm³/mol. The van der Waals surface area contributed by atoms with Crippen LogP contribution in [0.2, 0.25) is 0 Å². The minimum atomic E-state index is -0.290. The third-order valence-electron chi connectivity index (χ3n) is 6.62. The van der Waals surface area contributed by atoms with Crippen molar-refractivity contribution in [3.05, 3.63) is 96.2 Å². The Kier molecular flexibility index (Phi) is 6.27. The van der Waals surface area contributed by atoms with Crippen LogP contribution in [0.25, 0.3) is 11.5 Å². The van der Waals surface area contributed by atoms with E-state index < -0.39 is 0 Å². The number of halogens is 1. The zero-order valence-corrected chi connectivity index (χ0v) is 19.2. The lowest BCUT2D eigenvalue weighted by Gasteiger charge is -2.28. The van der Waals surface area contributed by atoms with Crippen molar-refractivity contribution in [3.8, 4) is 11.5 Å². The molecule has 2 aromatic carbocycles. The Morgan fingerprint density at radius 1 is 1.09 bits per heavy atom. The summed E-state index contributed by atoms with van der Waals surface area (Å²) in [5.41, 5.74) is 3.63. The van der Waals surface area contributed by atoms with E-state index in [1.165, 1.54) is 22.6 Å². The van der Waals surface area contributed by atoms with Crippen molar-refractivity contribution in [2.24, 2.45) is 5.92 Å². The maximum atomic E-state index is 13.4. The van der Waals surface area contributed by atoms with Crippen molar-refractivity contribution < 1.29 is 14.1 Å². The van der Waals surface area contributed by atoms with Crippen molar-refractivity contribution in [1.82, 2.24) is 14.3 Å². The lowest BCUT2D eigenvalue weighted by Crippen LogP contribution is -3.11. The highest BCUT2D eigenvalue weighted by molar-refractivity contribution is 5.93. The summed E-state index contributed by atoms with van der Waals surface area (Å²) in [5, 5.41) is 7.69. The number of carbonyl (C=O) groups is 1. The Hall–Kier alpha value is -3.71. The Bertz CT molecular complexity index is 1260.